The van der Waals surface area contributed by atoms with E-state index in [1.165, 1.54) is 11.3 Å². The van der Waals surface area contributed by atoms with Crippen molar-refractivity contribution in [2.75, 3.05) is 41.3 Å². The van der Waals surface area contributed by atoms with E-state index in [1.807, 2.05) is 0 Å². The third kappa shape index (κ3) is 4.39. The Kier molecular flexibility index (Phi) is 5.57. The molecule has 1 fully saturated rings. The fraction of sp³-hybridized carbons (Fsp3) is 0.217. The van der Waals surface area contributed by atoms with Gasteiger partial charge < -0.3 is 15.1 Å². The number of carbonyl (C=O) groups is 1. The average molecular weight is 398 g/mol. The van der Waals surface area contributed by atoms with Crippen molar-refractivity contribution >= 4 is 23.2 Å². The number of rotatable bonds is 4. The van der Waals surface area contributed by atoms with Crippen LogP contribution in [0.2, 0.25) is 0 Å². The lowest BCUT2D eigenvalue weighted by Gasteiger charge is -2.36. The van der Waals surface area contributed by atoms with Gasteiger partial charge in [-0.25, -0.2) is 9.97 Å². The summed E-state index contributed by atoms with van der Waals surface area (Å²) in [5.41, 5.74) is 4.05. The number of hydrogen-bond acceptors (Lipinski definition) is 6. The summed E-state index contributed by atoms with van der Waals surface area (Å²) in [6.07, 6.45) is 3.10. The second kappa shape index (κ2) is 8.62. The molecule has 2 heterocycles. The van der Waals surface area contributed by atoms with Crippen LogP contribution in [0.4, 0.5) is 17.3 Å². The largest absolute Gasteiger partial charge is 0.368 e. The number of aryl methyl sites for hydroxylation is 1. The van der Waals surface area contributed by atoms with E-state index in [0.29, 0.717) is 22.8 Å². The lowest BCUT2D eigenvalue weighted by atomic mass is 10.2. The lowest BCUT2D eigenvalue weighted by molar-refractivity contribution is 0.102. The summed E-state index contributed by atoms with van der Waals surface area (Å²) in [6, 6.07) is 17.3. The van der Waals surface area contributed by atoms with E-state index in [4.69, 9.17) is 5.26 Å². The van der Waals surface area contributed by atoms with E-state index in [9.17, 15) is 4.79 Å². The molecule has 1 aromatic heterocycles. The normalized spacial score (nSPS) is 13.6. The molecular weight excluding hydrogens is 376 g/mol. The maximum atomic E-state index is 12.4. The molecule has 7 nitrogen and oxygen atoms in total. The van der Waals surface area contributed by atoms with Gasteiger partial charge in [-0.3, -0.25) is 4.79 Å². The number of nitriles is 1. The van der Waals surface area contributed by atoms with Crippen LogP contribution in [-0.4, -0.2) is 42.1 Å². The van der Waals surface area contributed by atoms with Gasteiger partial charge in [-0.15, -0.1) is 0 Å². The Hall–Kier alpha value is -3.92. The highest BCUT2D eigenvalue weighted by atomic mass is 16.1. The number of hydrogen-bond donors (Lipinski definition) is 1. The van der Waals surface area contributed by atoms with Crippen LogP contribution in [-0.2, 0) is 0 Å². The Morgan fingerprint density at radius 1 is 1.00 bits per heavy atom. The molecule has 0 atom stereocenters. The second-order valence-electron chi connectivity index (χ2n) is 7.23. The maximum absolute atomic E-state index is 12.4. The number of nitrogens with zero attached hydrogens (tertiary/aromatic N) is 5. The molecule has 0 spiro atoms. The molecule has 2 aromatic carbocycles. The first kappa shape index (κ1) is 19.4. The first-order valence-corrected chi connectivity index (χ1v) is 9.82. The molecule has 1 saturated heterocycles. The number of anilines is 3. The van der Waals surface area contributed by atoms with E-state index in [0.717, 1.165) is 26.2 Å². The number of aromatic nitrogens is 2. The summed E-state index contributed by atoms with van der Waals surface area (Å²) in [6.45, 7) is 5.55. The monoisotopic (exact) mass is 398 g/mol. The van der Waals surface area contributed by atoms with Crippen LogP contribution in [0.1, 0.15) is 21.5 Å². The maximum Gasteiger partial charge on any atom is 0.258 e. The molecule has 0 saturated carbocycles. The molecule has 1 aliphatic rings. The van der Waals surface area contributed by atoms with Crippen molar-refractivity contribution in [3.8, 4) is 6.07 Å². The highest BCUT2D eigenvalue weighted by Gasteiger charge is 2.19. The zero-order valence-electron chi connectivity index (χ0n) is 16.7. The highest BCUT2D eigenvalue weighted by Crippen LogP contribution is 2.19. The summed E-state index contributed by atoms with van der Waals surface area (Å²) in [5, 5.41) is 11.6. The zero-order valence-corrected chi connectivity index (χ0v) is 16.7. The topological polar surface area (TPSA) is 85.1 Å². The van der Waals surface area contributed by atoms with Crippen LogP contribution in [0, 0.1) is 18.3 Å². The predicted octanol–water partition coefficient (Wildman–Crippen LogP) is 3.24. The minimum Gasteiger partial charge on any atom is -0.368 e. The Bertz CT molecular complexity index is 1060. The average Bonchev–Trinajstić information content (AvgIpc) is 2.80. The summed E-state index contributed by atoms with van der Waals surface area (Å²) >= 11 is 0. The Morgan fingerprint density at radius 3 is 2.30 bits per heavy atom. The quantitative estimate of drug-likeness (QED) is 0.726. The first-order valence-electron chi connectivity index (χ1n) is 9.82. The van der Waals surface area contributed by atoms with Crippen molar-refractivity contribution in [1.29, 1.82) is 5.26 Å². The molecule has 7 heteroatoms. The van der Waals surface area contributed by atoms with Crippen molar-refractivity contribution in [1.82, 2.24) is 9.97 Å². The van der Waals surface area contributed by atoms with Gasteiger partial charge in [-0.2, -0.15) is 5.26 Å². The van der Waals surface area contributed by atoms with Gasteiger partial charge in [0.2, 0.25) is 5.95 Å². The molecule has 1 N–H and O–H groups in total. The summed E-state index contributed by atoms with van der Waals surface area (Å²) < 4.78 is 0. The summed E-state index contributed by atoms with van der Waals surface area (Å²) in [5.74, 6) is 0.351. The number of nitrogens with one attached hydrogen (secondary N) is 1. The van der Waals surface area contributed by atoms with Crippen LogP contribution in [0.3, 0.4) is 0 Å². The van der Waals surface area contributed by atoms with Crippen LogP contribution in [0.25, 0.3) is 0 Å². The first-order chi connectivity index (χ1) is 14.6. The molecule has 1 aliphatic heterocycles. The van der Waals surface area contributed by atoms with Gasteiger partial charge in [0.1, 0.15) is 0 Å². The van der Waals surface area contributed by atoms with Gasteiger partial charge >= 0.3 is 0 Å². The van der Waals surface area contributed by atoms with Crippen molar-refractivity contribution in [2.45, 2.75) is 6.92 Å². The minimum atomic E-state index is -0.282. The van der Waals surface area contributed by atoms with E-state index in [1.54, 1.807) is 36.7 Å². The van der Waals surface area contributed by atoms with E-state index >= 15 is 0 Å². The SMILES string of the molecule is Cc1cccc(N2CCN(c3ncc(C(=O)Nc4ccc(C#N)cc4)cn3)CC2)c1. The molecule has 3 aromatic rings. The van der Waals surface area contributed by atoms with Crippen molar-refractivity contribution in [3.05, 3.63) is 77.6 Å². The van der Waals surface area contributed by atoms with Crippen molar-refractivity contribution in [3.63, 3.8) is 0 Å². The molecule has 30 heavy (non-hydrogen) atoms. The van der Waals surface area contributed by atoms with E-state index < -0.39 is 0 Å². The summed E-state index contributed by atoms with van der Waals surface area (Å²) in [4.78, 5) is 25.7. The molecule has 1 amide bonds. The fourth-order valence-electron chi connectivity index (χ4n) is 3.42. The molecule has 0 aliphatic carbocycles. The zero-order chi connectivity index (χ0) is 20.9. The van der Waals surface area contributed by atoms with Gasteiger partial charge in [-0.05, 0) is 48.9 Å². The predicted molar refractivity (Wildman–Crippen MR) is 117 cm³/mol. The molecule has 150 valence electrons. The van der Waals surface area contributed by atoms with Crippen molar-refractivity contribution in [2.24, 2.45) is 0 Å². The van der Waals surface area contributed by atoms with Gasteiger partial charge in [0.15, 0.2) is 0 Å². The van der Waals surface area contributed by atoms with E-state index in [2.05, 4.69) is 62.3 Å². The molecule has 4 rings (SSSR count). The van der Waals surface area contributed by atoms with Crippen molar-refractivity contribution < 1.29 is 4.79 Å². The third-order valence-corrected chi connectivity index (χ3v) is 5.10. The van der Waals surface area contributed by atoms with Crippen LogP contribution in [0.5, 0.6) is 0 Å². The van der Waals surface area contributed by atoms with E-state index in [-0.39, 0.29) is 5.91 Å². The molecule has 0 radical (unpaired) electrons. The van der Waals surface area contributed by atoms with Crippen LogP contribution < -0.4 is 15.1 Å². The lowest BCUT2D eigenvalue weighted by Crippen LogP contribution is -2.47. The summed E-state index contributed by atoms with van der Waals surface area (Å²) in [7, 11) is 0. The van der Waals surface area contributed by atoms with Gasteiger partial charge in [-0.1, -0.05) is 12.1 Å². The van der Waals surface area contributed by atoms with Gasteiger partial charge in [0.25, 0.3) is 5.91 Å². The molecule has 0 unspecified atom stereocenters. The third-order valence-electron chi connectivity index (χ3n) is 5.10. The smallest absolute Gasteiger partial charge is 0.258 e. The number of amides is 1. The molecule has 0 bridgehead atoms. The Labute approximate surface area is 175 Å². The standard InChI is InChI=1S/C23H22N6O/c1-17-3-2-4-21(13-17)28-9-11-29(12-10-28)23-25-15-19(16-26-23)22(30)27-20-7-5-18(14-24)6-8-20/h2-8,13,15-16H,9-12H2,1H3,(H,27,30). The molecular formula is C23H22N6O. The van der Waals surface area contributed by atoms with Crippen LogP contribution in [0.15, 0.2) is 60.9 Å². The number of piperazine rings is 1. The second-order valence-corrected chi connectivity index (χ2v) is 7.23. The minimum absolute atomic E-state index is 0.282. The van der Waals surface area contributed by atoms with Gasteiger partial charge in [0.05, 0.1) is 17.2 Å². The Balaban J connectivity index is 1.35. The fourth-order valence-corrected chi connectivity index (χ4v) is 3.42. The van der Waals surface area contributed by atoms with Crippen LogP contribution >= 0.6 is 0 Å². The number of benzene rings is 2. The van der Waals surface area contributed by atoms with Gasteiger partial charge in [0, 0.05) is 49.9 Å². The Morgan fingerprint density at radius 2 is 1.67 bits per heavy atom. The highest BCUT2D eigenvalue weighted by molar-refractivity contribution is 6.03. The number of carbonyl (C=O) groups excluding carboxylic acids is 1.